The highest BCUT2D eigenvalue weighted by Crippen LogP contribution is 2.35. The Balaban J connectivity index is 2.72. The van der Waals surface area contributed by atoms with Crippen molar-refractivity contribution in [3.63, 3.8) is 0 Å². The summed E-state index contributed by atoms with van der Waals surface area (Å²) in [5.41, 5.74) is 12.5. The largest absolute Gasteiger partial charge is 0.496 e. The minimum Gasteiger partial charge on any atom is -0.496 e. The maximum Gasteiger partial charge on any atom is 0.122 e. The fourth-order valence-electron chi connectivity index (χ4n) is 2.53. The molecule has 2 rings (SSSR count). The molecule has 1 aromatic carbocycles. The number of hydrogen-bond donors (Lipinski definition) is 1. The van der Waals surface area contributed by atoms with Crippen LogP contribution < -0.4 is 10.5 Å². The van der Waals surface area contributed by atoms with E-state index in [1.807, 2.05) is 17.9 Å². The van der Waals surface area contributed by atoms with Gasteiger partial charge in [0.05, 0.1) is 24.8 Å². The zero-order valence-electron chi connectivity index (χ0n) is 12.2. The van der Waals surface area contributed by atoms with E-state index in [1.54, 1.807) is 7.11 Å². The Bertz CT molecular complexity index is 614. The molecule has 4 heteroatoms. The van der Waals surface area contributed by atoms with E-state index in [9.17, 15) is 0 Å². The van der Waals surface area contributed by atoms with E-state index < -0.39 is 0 Å². The third kappa shape index (κ3) is 2.12. The van der Waals surface area contributed by atoms with Crippen LogP contribution in [0.1, 0.15) is 22.4 Å². The second-order valence-corrected chi connectivity index (χ2v) is 4.88. The number of nitrogens with two attached hydrogens (primary N) is 1. The highest BCUT2D eigenvalue weighted by Gasteiger charge is 2.17. The maximum atomic E-state index is 5.84. The summed E-state index contributed by atoms with van der Waals surface area (Å²) in [6.07, 6.45) is 1.82. The predicted molar refractivity (Wildman–Crippen MR) is 77.3 cm³/mol. The fraction of sp³-hybridized carbons (Fsp3) is 0.400. The van der Waals surface area contributed by atoms with Gasteiger partial charge in [-0.25, -0.2) is 4.98 Å². The van der Waals surface area contributed by atoms with Gasteiger partial charge in [-0.1, -0.05) is 0 Å². The quantitative estimate of drug-likeness (QED) is 0.921. The third-order valence-corrected chi connectivity index (χ3v) is 3.76. The lowest BCUT2D eigenvalue weighted by Gasteiger charge is -2.16. The van der Waals surface area contributed by atoms with Crippen molar-refractivity contribution in [2.75, 3.05) is 7.11 Å². The Morgan fingerprint density at radius 2 is 1.95 bits per heavy atom. The molecule has 0 saturated heterocycles. The average molecular weight is 259 g/mol. The molecule has 0 saturated carbocycles. The van der Waals surface area contributed by atoms with E-state index in [4.69, 9.17) is 10.5 Å². The minimum atomic E-state index is 0.482. The van der Waals surface area contributed by atoms with Crippen LogP contribution in [-0.4, -0.2) is 16.7 Å². The molecule has 1 heterocycles. The van der Waals surface area contributed by atoms with Crippen LogP contribution in [0.25, 0.3) is 11.3 Å². The van der Waals surface area contributed by atoms with Gasteiger partial charge in [0, 0.05) is 19.2 Å². The molecule has 0 unspecified atom stereocenters. The SMILES string of the molecule is COc1cc(C)c(-c2ncn(C)c2CN)c(C)c1C. The molecule has 19 heavy (non-hydrogen) atoms. The van der Waals surface area contributed by atoms with E-state index in [0.29, 0.717) is 6.54 Å². The van der Waals surface area contributed by atoms with Crippen molar-refractivity contribution in [2.45, 2.75) is 27.3 Å². The van der Waals surface area contributed by atoms with Gasteiger partial charge < -0.3 is 15.0 Å². The molecule has 0 aliphatic carbocycles. The molecule has 102 valence electrons. The Kier molecular flexibility index (Phi) is 3.62. The summed E-state index contributed by atoms with van der Waals surface area (Å²) < 4.78 is 7.39. The lowest BCUT2D eigenvalue weighted by molar-refractivity contribution is 0.411. The number of benzene rings is 1. The van der Waals surface area contributed by atoms with Gasteiger partial charge in [0.2, 0.25) is 0 Å². The molecule has 4 nitrogen and oxygen atoms in total. The van der Waals surface area contributed by atoms with Gasteiger partial charge in [-0.15, -0.1) is 0 Å². The molecule has 0 atom stereocenters. The second kappa shape index (κ2) is 5.05. The third-order valence-electron chi connectivity index (χ3n) is 3.76. The van der Waals surface area contributed by atoms with Crippen LogP contribution in [0, 0.1) is 20.8 Å². The standard InChI is InChI=1S/C15H21N3O/c1-9-6-13(19-5)10(2)11(3)14(9)15-12(7-16)18(4)8-17-15/h6,8H,7,16H2,1-5H3. The highest BCUT2D eigenvalue weighted by atomic mass is 16.5. The van der Waals surface area contributed by atoms with Gasteiger partial charge in [0.25, 0.3) is 0 Å². The Morgan fingerprint density at radius 1 is 1.26 bits per heavy atom. The zero-order chi connectivity index (χ0) is 14.2. The predicted octanol–water partition coefficient (Wildman–Crippen LogP) is 2.48. The van der Waals surface area contributed by atoms with Crippen LogP contribution in [0.15, 0.2) is 12.4 Å². The molecule has 2 N–H and O–H groups in total. The number of aryl methyl sites for hydroxylation is 2. The first-order valence-electron chi connectivity index (χ1n) is 6.36. The van der Waals surface area contributed by atoms with Crippen LogP contribution in [-0.2, 0) is 13.6 Å². The van der Waals surface area contributed by atoms with Crippen molar-refractivity contribution in [1.29, 1.82) is 0 Å². The molecule has 0 amide bonds. The van der Waals surface area contributed by atoms with Crippen molar-refractivity contribution in [2.24, 2.45) is 12.8 Å². The summed E-state index contributed by atoms with van der Waals surface area (Å²) in [4.78, 5) is 4.52. The van der Waals surface area contributed by atoms with Gasteiger partial charge >= 0.3 is 0 Å². The summed E-state index contributed by atoms with van der Waals surface area (Å²) in [5.74, 6) is 0.920. The first-order chi connectivity index (χ1) is 9.01. The van der Waals surface area contributed by atoms with Crippen molar-refractivity contribution in [1.82, 2.24) is 9.55 Å². The van der Waals surface area contributed by atoms with Gasteiger partial charge in [-0.3, -0.25) is 0 Å². The van der Waals surface area contributed by atoms with Crippen molar-refractivity contribution in [3.8, 4) is 17.0 Å². The van der Waals surface area contributed by atoms with Crippen LogP contribution >= 0.6 is 0 Å². The lowest BCUT2D eigenvalue weighted by atomic mass is 9.94. The van der Waals surface area contributed by atoms with E-state index in [1.165, 1.54) is 11.1 Å². The van der Waals surface area contributed by atoms with Crippen molar-refractivity contribution < 1.29 is 4.74 Å². The number of nitrogens with zero attached hydrogens (tertiary/aromatic N) is 2. The summed E-state index contributed by atoms with van der Waals surface area (Å²) in [5, 5.41) is 0. The number of rotatable bonds is 3. The Morgan fingerprint density at radius 3 is 2.53 bits per heavy atom. The average Bonchev–Trinajstić information content (AvgIpc) is 2.75. The first-order valence-corrected chi connectivity index (χ1v) is 6.36. The fourth-order valence-corrected chi connectivity index (χ4v) is 2.53. The monoisotopic (exact) mass is 259 g/mol. The van der Waals surface area contributed by atoms with Gasteiger partial charge in [-0.2, -0.15) is 0 Å². The van der Waals surface area contributed by atoms with Crippen LogP contribution in [0.5, 0.6) is 5.75 Å². The smallest absolute Gasteiger partial charge is 0.122 e. The van der Waals surface area contributed by atoms with Gasteiger partial charge in [0.15, 0.2) is 0 Å². The topological polar surface area (TPSA) is 53.1 Å². The molecule has 0 bridgehead atoms. The van der Waals surface area contributed by atoms with E-state index >= 15 is 0 Å². The molecule has 2 aromatic rings. The normalized spacial score (nSPS) is 10.8. The van der Waals surface area contributed by atoms with Gasteiger partial charge in [-0.05, 0) is 43.5 Å². The van der Waals surface area contributed by atoms with Crippen LogP contribution in [0.3, 0.4) is 0 Å². The van der Waals surface area contributed by atoms with E-state index in [2.05, 4.69) is 31.8 Å². The first kappa shape index (κ1) is 13.6. The zero-order valence-corrected chi connectivity index (χ0v) is 12.2. The number of methoxy groups -OCH3 is 1. The van der Waals surface area contributed by atoms with E-state index in [-0.39, 0.29) is 0 Å². The molecule has 0 aliphatic heterocycles. The van der Waals surface area contributed by atoms with Crippen molar-refractivity contribution >= 4 is 0 Å². The summed E-state index contributed by atoms with van der Waals surface area (Å²) in [6.45, 7) is 6.74. The minimum absolute atomic E-state index is 0.482. The highest BCUT2D eigenvalue weighted by molar-refractivity contribution is 5.72. The van der Waals surface area contributed by atoms with E-state index in [0.717, 1.165) is 28.3 Å². The summed E-state index contributed by atoms with van der Waals surface area (Å²) in [7, 11) is 3.67. The number of hydrogen-bond acceptors (Lipinski definition) is 3. The Labute approximate surface area is 114 Å². The molecule has 0 aliphatic rings. The number of imidazole rings is 1. The lowest BCUT2D eigenvalue weighted by Crippen LogP contribution is -2.05. The van der Waals surface area contributed by atoms with Crippen molar-refractivity contribution in [3.05, 3.63) is 34.8 Å². The number of ether oxygens (including phenoxy) is 1. The van der Waals surface area contributed by atoms with Crippen LogP contribution in [0.4, 0.5) is 0 Å². The Hall–Kier alpha value is -1.81. The summed E-state index contributed by atoms with van der Waals surface area (Å²) >= 11 is 0. The van der Waals surface area contributed by atoms with Crippen LogP contribution in [0.2, 0.25) is 0 Å². The number of aromatic nitrogens is 2. The molecular formula is C15H21N3O. The molecular weight excluding hydrogens is 238 g/mol. The summed E-state index contributed by atoms with van der Waals surface area (Å²) in [6, 6.07) is 2.06. The maximum absolute atomic E-state index is 5.84. The molecule has 0 fully saturated rings. The van der Waals surface area contributed by atoms with Gasteiger partial charge in [0.1, 0.15) is 5.75 Å². The molecule has 1 aromatic heterocycles. The molecule has 0 spiro atoms. The molecule has 0 radical (unpaired) electrons. The second-order valence-electron chi connectivity index (χ2n) is 4.88.